The molecule has 0 heterocycles. The highest BCUT2D eigenvalue weighted by atomic mass is 79.9. The van der Waals surface area contributed by atoms with Crippen molar-refractivity contribution in [1.82, 2.24) is 5.32 Å². The molecule has 1 aromatic carbocycles. The first-order chi connectivity index (χ1) is 8.13. The van der Waals surface area contributed by atoms with Crippen molar-refractivity contribution in [3.63, 3.8) is 0 Å². The van der Waals surface area contributed by atoms with E-state index in [0.717, 1.165) is 23.1 Å². The summed E-state index contributed by atoms with van der Waals surface area (Å²) in [4.78, 5) is 0. The first-order valence-corrected chi connectivity index (χ1v) is 6.70. The van der Waals surface area contributed by atoms with Gasteiger partial charge in [0.25, 0.3) is 0 Å². The van der Waals surface area contributed by atoms with E-state index >= 15 is 0 Å². The quantitative estimate of drug-likeness (QED) is 0.637. The van der Waals surface area contributed by atoms with Gasteiger partial charge in [-0.25, -0.2) is 0 Å². The molecule has 0 bridgehead atoms. The Morgan fingerprint density at radius 2 is 2.29 bits per heavy atom. The maximum Gasteiger partial charge on any atom is 0.170 e. The van der Waals surface area contributed by atoms with Crippen molar-refractivity contribution in [2.45, 2.75) is 6.42 Å². The van der Waals surface area contributed by atoms with Gasteiger partial charge in [-0.2, -0.15) is 0 Å². The number of rotatable bonds is 5. The molecule has 0 aliphatic heterocycles. The second-order valence-electron chi connectivity index (χ2n) is 3.35. The maximum atomic E-state index is 6.03. The van der Waals surface area contributed by atoms with E-state index in [1.54, 1.807) is 7.11 Å². The van der Waals surface area contributed by atoms with Crippen LogP contribution in [0, 0.1) is 0 Å². The second-order valence-corrected chi connectivity index (χ2v) is 5.08. The van der Waals surface area contributed by atoms with Gasteiger partial charge in [-0.1, -0.05) is 27.5 Å². The Labute approximate surface area is 120 Å². The highest BCUT2D eigenvalue weighted by Crippen LogP contribution is 2.25. The molecule has 0 aliphatic carbocycles. The molecule has 0 spiro atoms. The van der Waals surface area contributed by atoms with Crippen molar-refractivity contribution in [2.75, 3.05) is 25.6 Å². The highest BCUT2D eigenvalue weighted by Gasteiger charge is 2.02. The summed E-state index contributed by atoms with van der Waals surface area (Å²) in [6.07, 6.45) is 0.907. The van der Waals surface area contributed by atoms with Crippen LogP contribution in [0.2, 0.25) is 5.02 Å². The van der Waals surface area contributed by atoms with Crippen LogP contribution in [0.15, 0.2) is 22.7 Å². The molecule has 0 aromatic heterocycles. The molecule has 17 heavy (non-hydrogen) atoms. The monoisotopic (exact) mass is 336 g/mol. The van der Waals surface area contributed by atoms with E-state index in [1.807, 2.05) is 18.2 Å². The summed E-state index contributed by atoms with van der Waals surface area (Å²) in [5.74, 6) is 0. The van der Waals surface area contributed by atoms with Gasteiger partial charge in [-0.15, -0.1) is 0 Å². The molecule has 0 saturated carbocycles. The maximum absolute atomic E-state index is 6.03. The van der Waals surface area contributed by atoms with Gasteiger partial charge >= 0.3 is 0 Å². The van der Waals surface area contributed by atoms with Crippen LogP contribution in [0.3, 0.4) is 0 Å². The van der Waals surface area contributed by atoms with Gasteiger partial charge in [0.05, 0.1) is 10.7 Å². The average Bonchev–Trinajstić information content (AvgIpc) is 2.29. The molecule has 3 nitrogen and oxygen atoms in total. The molecular formula is C11H14BrClN2OS. The van der Waals surface area contributed by atoms with Crippen LogP contribution < -0.4 is 10.6 Å². The standard InChI is InChI=1S/C11H14BrClN2OS/c1-16-6-2-5-14-11(17)15-10-7-8(12)3-4-9(10)13/h3-4,7H,2,5-6H2,1H3,(H2,14,15,17). The van der Waals surface area contributed by atoms with Crippen LogP contribution in [0.25, 0.3) is 0 Å². The third-order valence-electron chi connectivity index (χ3n) is 1.99. The largest absolute Gasteiger partial charge is 0.385 e. The van der Waals surface area contributed by atoms with Crippen LogP contribution in [0.4, 0.5) is 5.69 Å². The van der Waals surface area contributed by atoms with Crippen LogP contribution in [0.5, 0.6) is 0 Å². The minimum absolute atomic E-state index is 0.557. The Bertz CT molecular complexity index is 390. The van der Waals surface area contributed by atoms with Crippen molar-refractivity contribution < 1.29 is 4.74 Å². The molecule has 2 N–H and O–H groups in total. The molecule has 1 aromatic rings. The normalized spacial score (nSPS) is 10.1. The first-order valence-electron chi connectivity index (χ1n) is 5.12. The molecule has 0 unspecified atom stereocenters. The van der Waals surface area contributed by atoms with Gasteiger partial charge in [0.2, 0.25) is 0 Å². The lowest BCUT2D eigenvalue weighted by Crippen LogP contribution is -2.29. The third-order valence-corrected chi connectivity index (χ3v) is 3.06. The summed E-state index contributed by atoms with van der Waals surface area (Å²) < 4.78 is 5.90. The number of anilines is 1. The lowest BCUT2D eigenvalue weighted by molar-refractivity contribution is 0.196. The number of methoxy groups -OCH3 is 1. The SMILES string of the molecule is COCCCNC(=S)Nc1cc(Br)ccc1Cl. The summed E-state index contributed by atoms with van der Waals surface area (Å²) in [5, 5.41) is 7.31. The number of hydrogen-bond donors (Lipinski definition) is 2. The Morgan fingerprint density at radius 1 is 1.53 bits per heavy atom. The zero-order valence-electron chi connectivity index (χ0n) is 9.43. The molecule has 0 amide bonds. The molecule has 6 heteroatoms. The lowest BCUT2D eigenvalue weighted by Gasteiger charge is -2.11. The van der Waals surface area contributed by atoms with Crippen molar-refractivity contribution >= 4 is 50.5 Å². The third kappa shape index (κ3) is 5.68. The summed E-state index contributed by atoms with van der Waals surface area (Å²) in [7, 11) is 1.68. The van der Waals surface area contributed by atoms with Gasteiger partial charge < -0.3 is 15.4 Å². The molecule has 0 saturated heterocycles. The molecule has 0 fully saturated rings. The fourth-order valence-electron chi connectivity index (χ4n) is 1.18. The van der Waals surface area contributed by atoms with E-state index in [-0.39, 0.29) is 0 Å². The number of nitrogens with one attached hydrogen (secondary N) is 2. The molecule has 94 valence electrons. The van der Waals surface area contributed by atoms with E-state index in [4.69, 9.17) is 28.6 Å². The van der Waals surface area contributed by atoms with Crippen molar-refractivity contribution in [1.29, 1.82) is 0 Å². The van der Waals surface area contributed by atoms with Gasteiger partial charge in [0.15, 0.2) is 5.11 Å². The van der Waals surface area contributed by atoms with Crippen LogP contribution in [0.1, 0.15) is 6.42 Å². The zero-order valence-corrected chi connectivity index (χ0v) is 12.6. The van der Waals surface area contributed by atoms with Gasteiger partial charge in [0, 0.05) is 24.7 Å². The molecule has 0 aliphatic rings. The Kier molecular flexibility index (Phi) is 6.80. The molecule has 0 radical (unpaired) electrons. The van der Waals surface area contributed by atoms with E-state index in [1.165, 1.54) is 0 Å². The van der Waals surface area contributed by atoms with Crippen molar-refractivity contribution in [3.05, 3.63) is 27.7 Å². The Balaban J connectivity index is 2.42. The zero-order chi connectivity index (χ0) is 12.7. The van der Waals surface area contributed by atoms with Gasteiger partial charge in [-0.3, -0.25) is 0 Å². The number of thiocarbonyl (C=S) groups is 1. The molecular weight excluding hydrogens is 324 g/mol. The highest BCUT2D eigenvalue weighted by molar-refractivity contribution is 9.10. The topological polar surface area (TPSA) is 33.3 Å². The van der Waals surface area contributed by atoms with E-state index in [0.29, 0.717) is 16.7 Å². The number of hydrogen-bond acceptors (Lipinski definition) is 2. The summed E-state index contributed by atoms with van der Waals surface area (Å²) in [6, 6.07) is 5.57. The van der Waals surface area contributed by atoms with E-state index in [2.05, 4.69) is 26.6 Å². The Morgan fingerprint density at radius 3 is 3.00 bits per heavy atom. The average molecular weight is 338 g/mol. The van der Waals surface area contributed by atoms with Gasteiger partial charge in [0.1, 0.15) is 0 Å². The fraction of sp³-hybridized carbons (Fsp3) is 0.364. The van der Waals surface area contributed by atoms with Crippen LogP contribution >= 0.6 is 39.7 Å². The van der Waals surface area contributed by atoms with Gasteiger partial charge in [-0.05, 0) is 36.8 Å². The second kappa shape index (κ2) is 7.87. The van der Waals surface area contributed by atoms with E-state index < -0.39 is 0 Å². The summed E-state index contributed by atoms with van der Waals surface area (Å²) in [6.45, 7) is 1.48. The molecule has 0 atom stereocenters. The number of halogens is 2. The van der Waals surface area contributed by atoms with Crippen LogP contribution in [-0.2, 0) is 4.74 Å². The lowest BCUT2D eigenvalue weighted by atomic mass is 10.3. The smallest absolute Gasteiger partial charge is 0.170 e. The summed E-state index contributed by atoms with van der Waals surface area (Å²) in [5.41, 5.74) is 0.783. The fourth-order valence-corrected chi connectivity index (χ4v) is 1.92. The molecule has 1 rings (SSSR count). The van der Waals surface area contributed by atoms with Crippen LogP contribution in [-0.4, -0.2) is 25.4 Å². The van der Waals surface area contributed by atoms with Crippen molar-refractivity contribution in [2.24, 2.45) is 0 Å². The van der Waals surface area contributed by atoms with E-state index in [9.17, 15) is 0 Å². The Hall–Kier alpha value is -0.360. The summed E-state index contributed by atoms with van der Waals surface area (Å²) >= 11 is 14.6. The van der Waals surface area contributed by atoms with Crippen molar-refractivity contribution in [3.8, 4) is 0 Å². The predicted octanol–water partition coefficient (Wildman–Crippen LogP) is 3.43. The predicted molar refractivity (Wildman–Crippen MR) is 79.9 cm³/mol. The minimum Gasteiger partial charge on any atom is -0.385 e. The minimum atomic E-state index is 0.557. The first kappa shape index (κ1) is 14.7. The number of ether oxygens (including phenoxy) is 1. The number of benzene rings is 1.